The van der Waals surface area contributed by atoms with E-state index in [2.05, 4.69) is 36.0 Å². The first kappa shape index (κ1) is 16.4. The van der Waals surface area contributed by atoms with E-state index in [1.54, 1.807) is 0 Å². The third-order valence-electron chi connectivity index (χ3n) is 4.15. The number of hydrogen-bond donors (Lipinski definition) is 1. The van der Waals surface area contributed by atoms with Crippen molar-refractivity contribution in [2.24, 2.45) is 0 Å². The van der Waals surface area contributed by atoms with E-state index >= 15 is 0 Å². The Bertz CT molecular complexity index is 413. The summed E-state index contributed by atoms with van der Waals surface area (Å²) in [4.78, 5) is 4.91. The second-order valence-corrected chi connectivity index (χ2v) is 6.40. The summed E-state index contributed by atoms with van der Waals surface area (Å²) in [7, 11) is 2.18. The van der Waals surface area contributed by atoms with Gasteiger partial charge in [-0.25, -0.2) is 4.39 Å². The van der Waals surface area contributed by atoms with Crippen LogP contribution >= 0.6 is 0 Å². The Hall–Kier alpha value is -0.970. The minimum Gasteiger partial charge on any atom is -0.310 e. The van der Waals surface area contributed by atoms with Crippen LogP contribution in [0.1, 0.15) is 19.4 Å². The molecule has 1 aliphatic heterocycles. The van der Waals surface area contributed by atoms with Crippen LogP contribution < -0.4 is 5.32 Å². The lowest BCUT2D eigenvalue weighted by Crippen LogP contribution is -2.50. The van der Waals surface area contributed by atoms with Gasteiger partial charge in [0.05, 0.1) is 0 Å². The van der Waals surface area contributed by atoms with E-state index in [1.165, 1.54) is 17.7 Å². The van der Waals surface area contributed by atoms with Crippen molar-refractivity contribution in [3.8, 4) is 0 Å². The largest absolute Gasteiger partial charge is 0.310 e. The van der Waals surface area contributed by atoms with Crippen molar-refractivity contribution in [2.75, 3.05) is 39.8 Å². The fourth-order valence-corrected chi connectivity index (χ4v) is 2.99. The maximum atomic E-state index is 12.9. The van der Waals surface area contributed by atoms with Crippen LogP contribution in [0.2, 0.25) is 0 Å². The molecule has 1 aliphatic rings. The molecule has 2 rings (SSSR count). The minimum atomic E-state index is -0.164. The predicted octanol–water partition coefficient (Wildman–Crippen LogP) is 1.98. The molecule has 1 heterocycles. The number of nitrogens with zero attached hydrogens (tertiary/aromatic N) is 2. The number of hydrogen-bond acceptors (Lipinski definition) is 3. The van der Waals surface area contributed by atoms with Crippen LogP contribution in [0.15, 0.2) is 24.3 Å². The highest BCUT2D eigenvalue weighted by atomic mass is 19.1. The summed E-state index contributed by atoms with van der Waals surface area (Å²) >= 11 is 0. The zero-order chi connectivity index (χ0) is 15.2. The highest BCUT2D eigenvalue weighted by molar-refractivity contribution is 5.17. The molecule has 0 bridgehead atoms. The normalized spacial score (nSPS) is 20.4. The quantitative estimate of drug-likeness (QED) is 0.865. The highest BCUT2D eigenvalue weighted by Gasteiger charge is 2.17. The van der Waals surface area contributed by atoms with Crippen molar-refractivity contribution < 1.29 is 4.39 Å². The first-order valence-corrected chi connectivity index (χ1v) is 7.94. The molecule has 2 atom stereocenters. The Morgan fingerprint density at radius 3 is 2.29 bits per heavy atom. The fraction of sp³-hybridized carbons (Fsp3) is 0.647. The van der Waals surface area contributed by atoms with Gasteiger partial charge in [0.1, 0.15) is 5.82 Å². The number of likely N-dealkylation sites (N-methyl/N-ethyl adjacent to an activating group) is 1. The maximum absolute atomic E-state index is 12.9. The Kier molecular flexibility index (Phi) is 6.15. The zero-order valence-electron chi connectivity index (χ0n) is 13.5. The lowest BCUT2D eigenvalue weighted by atomic mass is 10.1. The van der Waals surface area contributed by atoms with Crippen LogP contribution in [0.3, 0.4) is 0 Å². The second kappa shape index (κ2) is 7.87. The summed E-state index contributed by atoms with van der Waals surface area (Å²) < 4.78 is 12.9. The molecule has 1 aromatic rings. The molecule has 1 fully saturated rings. The van der Waals surface area contributed by atoms with Crippen LogP contribution in [-0.2, 0) is 6.42 Å². The molecule has 4 heteroatoms. The Morgan fingerprint density at radius 2 is 1.67 bits per heavy atom. The average Bonchev–Trinajstić information content (AvgIpc) is 2.44. The lowest BCUT2D eigenvalue weighted by molar-refractivity contribution is 0.142. The van der Waals surface area contributed by atoms with Crippen LogP contribution in [0.5, 0.6) is 0 Å². The molecule has 0 aliphatic carbocycles. The van der Waals surface area contributed by atoms with Gasteiger partial charge < -0.3 is 10.2 Å². The molecule has 21 heavy (non-hydrogen) atoms. The lowest BCUT2D eigenvalue weighted by Gasteiger charge is -2.34. The van der Waals surface area contributed by atoms with Crippen molar-refractivity contribution in [3.63, 3.8) is 0 Å². The maximum Gasteiger partial charge on any atom is 0.123 e. The first-order chi connectivity index (χ1) is 10.0. The Labute approximate surface area is 128 Å². The van der Waals surface area contributed by atoms with Gasteiger partial charge in [0.15, 0.2) is 0 Å². The summed E-state index contributed by atoms with van der Waals surface area (Å²) in [5.74, 6) is -0.164. The molecule has 1 aromatic carbocycles. The Balaban J connectivity index is 1.71. The van der Waals surface area contributed by atoms with Crippen LogP contribution in [0, 0.1) is 5.82 Å². The Morgan fingerprint density at radius 1 is 1.05 bits per heavy atom. The summed E-state index contributed by atoms with van der Waals surface area (Å²) in [5.41, 5.74) is 1.18. The van der Waals surface area contributed by atoms with E-state index in [0.29, 0.717) is 12.1 Å². The summed E-state index contributed by atoms with van der Waals surface area (Å²) in [6.45, 7) is 10.2. The minimum absolute atomic E-state index is 0.164. The van der Waals surface area contributed by atoms with Gasteiger partial charge in [-0.05, 0) is 45.0 Å². The van der Waals surface area contributed by atoms with E-state index < -0.39 is 0 Å². The molecule has 0 radical (unpaired) electrons. The van der Waals surface area contributed by atoms with Gasteiger partial charge in [0.25, 0.3) is 0 Å². The van der Waals surface area contributed by atoms with Crippen LogP contribution in [-0.4, -0.2) is 61.7 Å². The second-order valence-electron chi connectivity index (χ2n) is 6.40. The van der Waals surface area contributed by atoms with Gasteiger partial charge >= 0.3 is 0 Å². The van der Waals surface area contributed by atoms with Crippen LogP contribution in [0.25, 0.3) is 0 Å². The van der Waals surface area contributed by atoms with Gasteiger partial charge in [-0.2, -0.15) is 0 Å². The smallest absolute Gasteiger partial charge is 0.123 e. The standard InChI is InChI=1S/C17H28FN3/c1-14(12-16-4-6-17(18)7-5-16)19-15(2)13-21-10-8-20(3)9-11-21/h4-7,14-15,19H,8-13H2,1-3H3/t14-,15+/m1/s1. The van der Waals surface area contributed by atoms with Crippen molar-refractivity contribution >= 4 is 0 Å². The summed E-state index contributed by atoms with van der Waals surface area (Å²) in [6.07, 6.45) is 0.938. The number of nitrogens with one attached hydrogen (secondary N) is 1. The summed E-state index contributed by atoms with van der Waals surface area (Å²) in [5, 5.41) is 3.65. The van der Waals surface area contributed by atoms with Crippen molar-refractivity contribution in [3.05, 3.63) is 35.6 Å². The third-order valence-corrected chi connectivity index (χ3v) is 4.15. The van der Waals surface area contributed by atoms with E-state index in [0.717, 1.165) is 39.1 Å². The molecular weight excluding hydrogens is 265 g/mol. The van der Waals surface area contributed by atoms with E-state index in [9.17, 15) is 4.39 Å². The number of rotatable bonds is 6. The number of benzene rings is 1. The molecule has 1 saturated heterocycles. The molecule has 0 saturated carbocycles. The van der Waals surface area contributed by atoms with Crippen molar-refractivity contribution in [1.82, 2.24) is 15.1 Å². The zero-order valence-corrected chi connectivity index (χ0v) is 13.5. The van der Waals surface area contributed by atoms with Gasteiger partial charge in [0, 0.05) is 44.8 Å². The van der Waals surface area contributed by atoms with Gasteiger partial charge in [-0.1, -0.05) is 12.1 Å². The highest BCUT2D eigenvalue weighted by Crippen LogP contribution is 2.07. The van der Waals surface area contributed by atoms with Gasteiger partial charge in [-0.3, -0.25) is 4.90 Å². The SMILES string of the molecule is C[C@H](Cc1ccc(F)cc1)N[C@@H](C)CN1CCN(C)CC1. The first-order valence-electron chi connectivity index (χ1n) is 7.94. The summed E-state index contributed by atoms with van der Waals surface area (Å²) in [6, 6.07) is 7.70. The number of halogens is 1. The van der Waals surface area contributed by atoms with Crippen molar-refractivity contribution in [2.45, 2.75) is 32.4 Å². The monoisotopic (exact) mass is 293 g/mol. The molecule has 3 nitrogen and oxygen atoms in total. The van der Waals surface area contributed by atoms with Crippen LogP contribution in [0.4, 0.5) is 4.39 Å². The molecule has 118 valence electrons. The average molecular weight is 293 g/mol. The van der Waals surface area contributed by atoms with Crippen molar-refractivity contribution in [1.29, 1.82) is 0 Å². The topological polar surface area (TPSA) is 18.5 Å². The predicted molar refractivity (Wildman–Crippen MR) is 86.1 cm³/mol. The number of piperazine rings is 1. The molecule has 0 amide bonds. The fourth-order valence-electron chi connectivity index (χ4n) is 2.99. The van der Waals surface area contributed by atoms with E-state index in [1.807, 2.05) is 12.1 Å². The molecule has 0 unspecified atom stereocenters. The molecule has 0 aromatic heterocycles. The molecule has 0 spiro atoms. The van der Waals surface area contributed by atoms with E-state index in [-0.39, 0.29) is 5.82 Å². The molecule has 1 N–H and O–H groups in total. The van der Waals surface area contributed by atoms with E-state index in [4.69, 9.17) is 0 Å². The third kappa shape index (κ3) is 5.73. The van der Waals surface area contributed by atoms with Gasteiger partial charge in [0.2, 0.25) is 0 Å². The molecular formula is C17H28FN3. The van der Waals surface area contributed by atoms with Gasteiger partial charge in [-0.15, -0.1) is 0 Å².